The van der Waals surface area contributed by atoms with Crippen LogP contribution >= 0.6 is 0 Å². The average Bonchev–Trinajstić information content (AvgIpc) is 2.45. The third kappa shape index (κ3) is 2.52. The van der Waals surface area contributed by atoms with Crippen molar-refractivity contribution in [3.05, 3.63) is 46.7 Å². The molecule has 2 aliphatic rings. The maximum atomic E-state index is 12.6. The second-order valence-corrected chi connectivity index (χ2v) is 6.19. The van der Waals surface area contributed by atoms with Crippen LogP contribution in [0.25, 0.3) is 0 Å². The van der Waals surface area contributed by atoms with Crippen molar-refractivity contribution >= 4 is 5.91 Å². The molecule has 0 radical (unpaired) electrons. The zero-order chi connectivity index (χ0) is 16.5. The van der Waals surface area contributed by atoms with Gasteiger partial charge in [0.05, 0.1) is 0 Å². The molecule has 2 unspecified atom stereocenters. The van der Waals surface area contributed by atoms with Crippen molar-refractivity contribution in [1.82, 2.24) is 5.32 Å². The van der Waals surface area contributed by atoms with E-state index in [4.69, 9.17) is 10.5 Å². The summed E-state index contributed by atoms with van der Waals surface area (Å²) in [6, 6.07) is 0. The molecule has 0 spiro atoms. The van der Waals surface area contributed by atoms with Gasteiger partial charge in [-0.15, -0.1) is 0 Å². The predicted octanol–water partition coefficient (Wildman–Crippen LogP) is 2.80. The lowest BCUT2D eigenvalue weighted by Gasteiger charge is -2.42. The Hall–Kier alpha value is -1.81. The molecule has 120 valence electrons. The molecule has 3 N–H and O–H groups in total. The number of dihydropyridines is 1. The number of nitrogens with two attached hydrogens (primary N) is 1. The second-order valence-electron chi connectivity index (χ2n) is 6.19. The standard InChI is InChI=1S/C18H26N2O2/c1-6-14-12(3)9-11(2)10-18(14,17(19)21)15-7-8-16(22-5)20-13(15)4/h6-9,12,16,20H,10H2,1-5H3,(H2,19,21)/b14-6+/t12?,16?,18-/m0/s1. The number of methoxy groups -OCH3 is 1. The Morgan fingerprint density at radius 1 is 1.50 bits per heavy atom. The van der Waals surface area contributed by atoms with Gasteiger partial charge in [0.15, 0.2) is 0 Å². The van der Waals surface area contributed by atoms with Crippen molar-refractivity contribution in [2.45, 2.75) is 40.3 Å². The summed E-state index contributed by atoms with van der Waals surface area (Å²) in [4.78, 5) is 12.6. The van der Waals surface area contributed by atoms with Crippen LogP contribution in [-0.4, -0.2) is 19.2 Å². The molecular formula is C18H26N2O2. The minimum atomic E-state index is -0.778. The Morgan fingerprint density at radius 2 is 2.18 bits per heavy atom. The smallest absolute Gasteiger partial charge is 0.232 e. The molecule has 22 heavy (non-hydrogen) atoms. The van der Waals surface area contributed by atoms with Gasteiger partial charge in [0.1, 0.15) is 11.6 Å². The molecule has 1 amide bonds. The maximum absolute atomic E-state index is 12.6. The summed E-state index contributed by atoms with van der Waals surface area (Å²) in [5.74, 6) is -0.100. The van der Waals surface area contributed by atoms with Crippen LogP contribution in [0.1, 0.15) is 34.1 Å². The van der Waals surface area contributed by atoms with Crippen molar-refractivity contribution in [3.8, 4) is 0 Å². The van der Waals surface area contributed by atoms with Gasteiger partial charge in [-0.3, -0.25) is 4.79 Å². The number of nitrogens with one attached hydrogen (secondary N) is 1. The SMILES string of the molecule is C/C=C1\C(C)C=C(C)C[C@@]1(C(N)=O)C1=C(C)NC(OC)C=C1. The molecule has 1 heterocycles. The molecule has 1 aliphatic heterocycles. The molecule has 4 nitrogen and oxygen atoms in total. The van der Waals surface area contributed by atoms with E-state index >= 15 is 0 Å². The van der Waals surface area contributed by atoms with Crippen molar-refractivity contribution < 1.29 is 9.53 Å². The molecule has 0 saturated carbocycles. The largest absolute Gasteiger partial charge is 0.369 e. The average molecular weight is 302 g/mol. The molecule has 3 atom stereocenters. The van der Waals surface area contributed by atoms with Crippen LogP contribution in [0.5, 0.6) is 0 Å². The topological polar surface area (TPSA) is 64.4 Å². The Labute approximate surface area is 132 Å². The molecule has 0 saturated heterocycles. The lowest BCUT2D eigenvalue weighted by Crippen LogP contribution is -2.46. The number of hydrogen-bond acceptors (Lipinski definition) is 3. The lowest BCUT2D eigenvalue weighted by molar-refractivity contribution is -0.124. The highest BCUT2D eigenvalue weighted by Crippen LogP contribution is 2.50. The van der Waals surface area contributed by atoms with Crippen LogP contribution in [0.15, 0.2) is 46.7 Å². The summed E-state index contributed by atoms with van der Waals surface area (Å²) in [5.41, 5.74) is 9.29. The Morgan fingerprint density at radius 3 is 2.68 bits per heavy atom. The highest BCUT2D eigenvalue weighted by Gasteiger charge is 2.47. The summed E-state index contributed by atoms with van der Waals surface area (Å²) >= 11 is 0. The van der Waals surface area contributed by atoms with E-state index in [0.29, 0.717) is 6.42 Å². The van der Waals surface area contributed by atoms with Gasteiger partial charge in [-0.2, -0.15) is 0 Å². The number of primary amides is 1. The summed E-state index contributed by atoms with van der Waals surface area (Å²) in [6.07, 6.45) is 8.63. The Balaban J connectivity index is 2.62. The zero-order valence-electron chi connectivity index (χ0n) is 14.1. The van der Waals surface area contributed by atoms with E-state index in [9.17, 15) is 4.79 Å². The van der Waals surface area contributed by atoms with Crippen molar-refractivity contribution in [2.24, 2.45) is 17.1 Å². The number of allylic oxidation sites excluding steroid dienone is 5. The van der Waals surface area contributed by atoms with E-state index in [1.165, 1.54) is 5.57 Å². The van der Waals surface area contributed by atoms with Gasteiger partial charge in [-0.25, -0.2) is 0 Å². The van der Waals surface area contributed by atoms with Gasteiger partial charge >= 0.3 is 0 Å². The second kappa shape index (κ2) is 6.13. The van der Waals surface area contributed by atoms with Crippen LogP contribution in [0, 0.1) is 11.3 Å². The van der Waals surface area contributed by atoms with Crippen LogP contribution in [0.4, 0.5) is 0 Å². The summed E-state index contributed by atoms with van der Waals surface area (Å²) in [6.45, 7) is 8.13. The van der Waals surface area contributed by atoms with E-state index in [1.54, 1.807) is 7.11 Å². The lowest BCUT2D eigenvalue weighted by atomic mass is 9.61. The van der Waals surface area contributed by atoms with Gasteiger partial charge in [0, 0.05) is 12.8 Å². The monoisotopic (exact) mass is 302 g/mol. The molecule has 4 heteroatoms. The third-order valence-electron chi connectivity index (χ3n) is 4.71. The minimum Gasteiger partial charge on any atom is -0.369 e. The molecule has 2 rings (SSSR count). The van der Waals surface area contributed by atoms with E-state index in [2.05, 4.69) is 25.2 Å². The van der Waals surface area contributed by atoms with E-state index in [0.717, 1.165) is 16.8 Å². The van der Waals surface area contributed by atoms with Gasteiger partial charge in [0.25, 0.3) is 0 Å². The van der Waals surface area contributed by atoms with Crippen LogP contribution in [0.2, 0.25) is 0 Å². The normalized spacial score (nSPS) is 33.7. The summed E-state index contributed by atoms with van der Waals surface area (Å²) < 4.78 is 5.31. The third-order valence-corrected chi connectivity index (χ3v) is 4.71. The van der Waals surface area contributed by atoms with Gasteiger partial charge in [-0.1, -0.05) is 30.7 Å². The maximum Gasteiger partial charge on any atom is 0.232 e. The fraction of sp³-hybridized carbons (Fsp3) is 0.500. The van der Waals surface area contributed by atoms with Crippen molar-refractivity contribution in [3.63, 3.8) is 0 Å². The molecule has 0 aromatic rings. The first-order valence-electron chi connectivity index (χ1n) is 7.69. The highest BCUT2D eigenvalue weighted by molar-refractivity contribution is 5.90. The zero-order valence-corrected chi connectivity index (χ0v) is 14.1. The number of hydrogen-bond donors (Lipinski definition) is 2. The molecule has 1 aliphatic carbocycles. The number of carbonyl (C=O) groups is 1. The van der Waals surface area contributed by atoms with Gasteiger partial charge in [0.2, 0.25) is 5.91 Å². The first-order chi connectivity index (χ1) is 10.4. The van der Waals surface area contributed by atoms with Crippen LogP contribution < -0.4 is 11.1 Å². The van der Waals surface area contributed by atoms with Crippen LogP contribution in [-0.2, 0) is 9.53 Å². The number of amides is 1. The summed E-state index contributed by atoms with van der Waals surface area (Å²) in [7, 11) is 1.65. The fourth-order valence-electron chi connectivity index (χ4n) is 3.85. The van der Waals surface area contributed by atoms with Gasteiger partial charge < -0.3 is 15.8 Å². The Kier molecular flexibility index (Phi) is 4.61. The predicted molar refractivity (Wildman–Crippen MR) is 88.7 cm³/mol. The molecular weight excluding hydrogens is 276 g/mol. The number of ether oxygens (including phenoxy) is 1. The Bertz CT molecular complexity index is 598. The quantitative estimate of drug-likeness (QED) is 0.788. The first kappa shape index (κ1) is 16.6. The van der Waals surface area contributed by atoms with E-state index in [-0.39, 0.29) is 18.1 Å². The molecule has 0 bridgehead atoms. The van der Waals surface area contributed by atoms with E-state index < -0.39 is 5.41 Å². The number of carbonyl (C=O) groups excluding carboxylic acids is 1. The number of rotatable bonds is 3. The van der Waals surface area contributed by atoms with Gasteiger partial charge in [-0.05, 0) is 50.3 Å². The molecule has 0 aromatic carbocycles. The minimum absolute atomic E-state index is 0.166. The highest BCUT2D eigenvalue weighted by atomic mass is 16.5. The van der Waals surface area contributed by atoms with Crippen molar-refractivity contribution in [1.29, 1.82) is 0 Å². The van der Waals surface area contributed by atoms with Crippen molar-refractivity contribution in [2.75, 3.05) is 7.11 Å². The van der Waals surface area contributed by atoms with Crippen LogP contribution in [0.3, 0.4) is 0 Å². The first-order valence-corrected chi connectivity index (χ1v) is 7.69. The molecule has 0 fully saturated rings. The molecule has 0 aromatic heterocycles. The van der Waals surface area contributed by atoms with E-state index in [1.807, 2.05) is 32.1 Å². The fourth-order valence-corrected chi connectivity index (χ4v) is 3.85. The summed E-state index contributed by atoms with van der Waals surface area (Å²) in [5, 5.41) is 3.28.